The predicted octanol–water partition coefficient (Wildman–Crippen LogP) is 1.11. The Morgan fingerprint density at radius 2 is 2.08 bits per heavy atom. The summed E-state index contributed by atoms with van der Waals surface area (Å²) in [5.74, 6) is 0.451. The molecule has 1 spiro atoms. The Morgan fingerprint density at radius 3 is 2.90 bits per heavy atom. The van der Waals surface area contributed by atoms with Gasteiger partial charge in [0.2, 0.25) is 0 Å². The van der Waals surface area contributed by atoms with Crippen LogP contribution in [0.1, 0.15) is 82.7 Å². The topological polar surface area (TPSA) is 139 Å². The molecule has 1 amide bonds. The van der Waals surface area contributed by atoms with Crippen LogP contribution in [0.15, 0.2) is 12.1 Å². The van der Waals surface area contributed by atoms with Crippen molar-refractivity contribution in [1.29, 1.82) is 5.26 Å². The number of halogens is 3. The first kappa shape index (κ1) is 32.9. The first-order chi connectivity index (χ1) is 23.6. The van der Waals surface area contributed by atoms with Gasteiger partial charge in [0.25, 0.3) is 0 Å². The van der Waals surface area contributed by atoms with Gasteiger partial charge >= 0.3 is 302 Å². The van der Waals surface area contributed by atoms with Gasteiger partial charge in [-0.05, 0) is 0 Å². The Hall–Kier alpha value is -3.26. The molecule has 4 aliphatic heterocycles. The molecule has 2 N–H and O–H groups in total. The number of nitrogens with two attached hydrogens (primary N) is 1. The molecule has 1 aliphatic carbocycles. The van der Waals surface area contributed by atoms with E-state index in [1.165, 1.54) is 4.90 Å². The van der Waals surface area contributed by atoms with Crippen molar-refractivity contribution in [1.82, 2.24) is 29.5 Å². The van der Waals surface area contributed by atoms with E-state index in [1.54, 1.807) is 14.1 Å². The number of hydrogen-bond acceptors (Lipinski definition) is 10. The van der Waals surface area contributed by atoms with Crippen LogP contribution < -0.4 is 35.3 Å². The maximum absolute atomic E-state index is 14.6. The number of carbonyl (C=O) groups is 1. The maximum atomic E-state index is 14.6. The second-order valence-electron chi connectivity index (χ2n) is 14.0. The van der Waals surface area contributed by atoms with E-state index in [1.807, 2.05) is 16.8 Å². The summed E-state index contributed by atoms with van der Waals surface area (Å²) in [6, 6.07) is 6.48. The Bertz CT molecular complexity index is 1880. The van der Waals surface area contributed by atoms with E-state index in [0.29, 0.717) is 67.1 Å². The van der Waals surface area contributed by atoms with E-state index < -0.39 is 33.4 Å². The predicted molar refractivity (Wildman–Crippen MR) is 175 cm³/mol. The van der Waals surface area contributed by atoms with Crippen LogP contribution in [-0.2, 0) is 42.9 Å². The molecular formula is C34H39ClFIN9O3-. The van der Waals surface area contributed by atoms with Crippen LogP contribution in [0.2, 0.25) is 5.02 Å². The van der Waals surface area contributed by atoms with Gasteiger partial charge in [-0.15, -0.1) is 0 Å². The van der Waals surface area contributed by atoms with Gasteiger partial charge in [-0.25, -0.2) is 0 Å². The van der Waals surface area contributed by atoms with Crippen molar-refractivity contribution in [3.63, 3.8) is 0 Å². The number of carbonyl (C=O) groups excluding carboxylic acids is 1. The summed E-state index contributed by atoms with van der Waals surface area (Å²) in [6.45, 7) is 3.25. The number of ether oxygens (including phenoxy) is 1. The first-order valence-corrected chi connectivity index (χ1v) is 19.2. The van der Waals surface area contributed by atoms with E-state index >= 15 is 0 Å². The van der Waals surface area contributed by atoms with Crippen LogP contribution in [0, 0.1) is 11.3 Å². The minimum absolute atomic E-state index is 0.235. The monoisotopic (exact) mass is 802 g/mol. The first-order valence-electron chi connectivity index (χ1n) is 16.9. The Labute approximate surface area is 300 Å². The van der Waals surface area contributed by atoms with Gasteiger partial charge in [0, 0.05) is 0 Å². The zero-order valence-electron chi connectivity index (χ0n) is 27.6. The summed E-state index contributed by atoms with van der Waals surface area (Å²) in [5, 5.41) is 15.1. The molecule has 2 aromatic heterocycles. The van der Waals surface area contributed by atoms with E-state index in [4.69, 9.17) is 35.1 Å². The number of hydrogen-bond donors (Lipinski definition) is 1. The summed E-state index contributed by atoms with van der Waals surface area (Å²) in [7, 11) is 3.36. The van der Waals surface area contributed by atoms with Gasteiger partial charge < -0.3 is 0 Å². The van der Waals surface area contributed by atoms with Crippen LogP contribution in [0.4, 0.5) is 15.9 Å². The van der Waals surface area contributed by atoms with Gasteiger partial charge in [-0.1, -0.05) is 0 Å². The minimum atomic E-state index is -0.964. The summed E-state index contributed by atoms with van der Waals surface area (Å²) in [6.07, 6.45) is 5.30. The van der Waals surface area contributed by atoms with Crippen LogP contribution in [0.25, 0.3) is 0 Å². The van der Waals surface area contributed by atoms with Crippen LogP contribution >= 0.6 is 11.6 Å². The van der Waals surface area contributed by atoms with Gasteiger partial charge in [-0.2, -0.15) is 0 Å². The van der Waals surface area contributed by atoms with Crippen LogP contribution in [-0.4, -0.2) is 78.9 Å². The number of nitrogen functional groups attached to an aromatic ring is 1. The quantitative estimate of drug-likeness (QED) is 0.173. The van der Waals surface area contributed by atoms with E-state index in [0.717, 1.165) is 73.1 Å². The number of aromatic nitrogens is 4. The van der Waals surface area contributed by atoms with Crippen molar-refractivity contribution in [2.75, 3.05) is 44.4 Å². The van der Waals surface area contributed by atoms with Crippen molar-refractivity contribution in [2.24, 2.45) is 0 Å². The zero-order valence-corrected chi connectivity index (χ0v) is 30.6. The average Bonchev–Trinajstić information content (AvgIpc) is 3.65. The fraction of sp³-hybridized carbons (Fsp3) is 0.559. The number of alkyl halides is 2. The third-order valence-corrected chi connectivity index (χ3v) is 14.2. The third-order valence-electron chi connectivity index (χ3n) is 10.7. The molecule has 3 atom stereocenters. The van der Waals surface area contributed by atoms with Crippen molar-refractivity contribution >= 4 is 29.0 Å². The standard InChI is InChI=1S/C34H39ClFIN9O3/c1-43(2)31(47)29-28(35)26-18-44(11-5-13-46(26)42-29)30-23-19-48-33(9-3-6-20-7-8-24(39)22(16-38)27(20)33)15-25(23)40-32(41-30)49-37-34-10-4-12-45(34)17-21(36)14-34/h7-8,21H,3-6,9-15,17-19,39H2,1-2H3/q-1/t21-,33-,34?/m1/s1. The fourth-order valence-electron chi connectivity index (χ4n) is 8.40. The van der Waals surface area contributed by atoms with E-state index in [-0.39, 0.29) is 21.8 Å². The van der Waals surface area contributed by atoms with Crippen LogP contribution in [0.3, 0.4) is 0 Å². The van der Waals surface area contributed by atoms with E-state index in [9.17, 15) is 14.4 Å². The summed E-state index contributed by atoms with van der Waals surface area (Å²) in [5.41, 5.74) is 11.1. The molecule has 2 fully saturated rings. The number of amides is 1. The number of anilines is 2. The number of nitriles is 1. The molecule has 3 aromatic rings. The van der Waals surface area contributed by atoms with Crippen molar-refractivity contribution in [3.8, 4) is 12.1 Å². The van der Waals surface area contributed by atoms with Crippen molar-refractivity contribution in [3.05, 3.63) is 56.5 Å². The number of nitrogens with zero attached hydrogens (tertiary/aromatic N) is 8. The molecule has 0 radical (unpaired) electrons. The number of aryl methyl sites for hydroxylation is 2. The zero-order chi connectivity index (χ0) is 34.1. The molecular weight excluding hydrogens is 764 g/mol. The average molecular weight is 803 g/mol. The number of rotatable bonds is 5. The Balaban J connectivity index is 1.19. The van der Waals surface area contributed by atoms with Gasteiger partial charge in [-0.3, -0.25) is 0 Å². The molecule has 12 nitrogen and oxygen atoms in total. The molecule has 15 heteroatoms. The Kier molecular flexibility index (Phi) is 8.40. The van der Waals surface area contributed by atoms with Gasteiger partial charge in [0.1, 0.15) is 0 Å². The third kappa shape index (κ3) is 5.51. The molecule has 6 heterocycles. The van der Waals surface area contributed by atoms with Gasteiger partial charge in [0.05, 0.1) is 0 Å². The molecule has 0 bridgehead atoms. The number of fused-ring (bicyclic) bond motifs is 5. The summed E-state index contributed by atoms with van der Waals surface area (Å²) < 4.78 is 29.6. The SMILES string of the molecule is CN(C)C(=O)c1nn2c(c1Cl)CN(c1nc(O[I-]C34CCCN3C[C@H](F)C4)nc3c1CO[C@]1(CCCc4ccc(N)c(C#N)c41)C3)CCC2. The molecule has 1 unspecified atom stereocenters. The normalized spacial score (nSPS) is 26.1. The second-order valence-corrected chi connectivity index (χ2v) is 17.2. The molecule has 49 heavy (non-hydrogen) atoms. The summed E-state index contributed by atoms with van der Waals surface area (Å²) >= 11 is 5.88. The van der Waals surface area contributed by atoms with Crippen molar-refractivity contribution in [2.45, 2.75) is 86.4 Å². The van der Waals surface area contributed by atoms with Crippen LogP contribution in [0.5, 0.6) is 6.01 Å². The van der Waals surface area contributed by atoms with Crippen molar-refractivity contribution < 1.29 is 38.6 Å². The Morgan fingerprint density at radius 1 is 1.22 bits per heavy atom. The molecule has 1 aromatic carbocycles. The summed E-state index contributed by atoms with van der Waals surface area (Å²) in [4.78, 5) is 28.9. The molecule has 8 rings (SSSR count). The van der Waals surface area contributed by atoms with Gasteiger partial charge in [0.15, 0.2) is 0 Å². The number of benzene rings is 1. The molecule has 2 saturated heterocycles. The molecule has 260 valence electrons. The van der Waals surface area contributed by atoms with E-state index in [2.05, 4.69) is 21.0 Å². The molecule has 0 saturated carbocycles. The fourth-order valence-corrected chi connectivity index (χ4v) is 11.5. The second kappa shape index (κ2) is 12.5. The molecule has 5 aliphatic rings.